The minimum Gasteiger partial charge on any atom is -0.464 e. The number of ketones is 1. The zero-order chi connectivity index (χ0) is 24.0. The lowest BCUT2D eigenvalue weighted by atomic mass is 9.99. The lowest BCUT2D eigenvalue weighted by molar-refractivity contribution is 0.0585. The van der Waals surface area contributed by atoms with Gasteiger partial charge in [-0.2, -0.15) is 0 Å². The molecule has 0 aliphatic carbocycles. The predicted molar refractivity (Wildman–Crippen MR) is 119 cm³/mol. The Morgan fingerprint density at radius 2 is 1.78 bits per heavy atom. The van der Waals surface area contributed by atoms with Crippen molar-refractivity contribution in [2.75, 3.05) is 26.9 Å². The van der Waals surface area contributed by atoms with Crippen molar-refractivity contribution >= 4 is 17.7 Å². The second-order valence-electron chi connectivity index (χ2n) is 7.58. The van der Waals surface area contributed by atoms with E-state index in [2.05, 4.69) is 0 Å². The molecule has 0 aliphatic rings. The number of amides is 1. The molecule has 8 heteroatoms. The molecule has 1 atom stereocenters. The Labute approximate surface area is 188 Å². The second kappa shape index (κ2) is 11.0. The first-order chi connectivity index (χ1) is 15.1. The molecule has 1 unspecified atom stereocenters. The van der Waals surface area contributed by atoms with Gasteiger partial charge in [-0.1, -0.05) is 0 Å². The van der Waals surface area contributed by atoms with E-state index in [0.717, 1.165) is 0 Å². The molecule has 0 fully saturated rings. The maximum atomic E-state index is 13.5. The third kappa shape index (κ3) is 5.24. The number of hydrogen-bond donors (Lipinski definition) is 0. The van der Waals surface area contributed by atoms with Gasteiger partial charge in [0, 0.05) is 43.6 Å². The van der Waals surface area contributed by atoms with Crippen LogP contribution in [-0.2, 0) is 16.5 Å². The first kappa shape index (κ1) is 25.3. The lowest BCUT2D eigenvalue weighted by Crippen LogP contribution is -2.44. The predicted octanol–water partition coefficient (Wildman–Crippen LogP) is 3.71. The normalized spacial score (nSPS) is 11.8. The van der Waals surface area contributed by atoms with E-state index < -0.39 is 17.8 Å². The summed E-state index contributed by atoms with van der Waals surface area (Å²) >= 11 is 0. The van der Waals surface area contributed by atoms with Crippen molar-refractivity contribution in [2.45, 2.75) is 40.2 Å². The van der Waals surface area contributed by atoms with Crippen molar-refractivity contribution in [3.63, 3.8) is 0 Å². The minimum atomic E-state index is -0.806. The summed E-state index contributed by atoms with van der Waals surface area (Å²) in [7, 11) is 2.98. The standard InChI is InChI=1S/C24H31FN2O5/c1-7-32-14-8-13-27(23(29)18-9-11-19(25)12-10-18)17(4)22(28)20-15(2)21(24(30)31-6)26(5)16(20)3/h9-12,17H,7-8,13-14H2,1-6H3. The Kier molecular flexibility index (Phi) is 8.72. The summed E-state index contributed by atoms with van der Waals surface area (Å²) in [5.74, 6) is -1.63. The Hall–Kier alpha value is -3.00. The topological polar surface area (TPSA) is 77.8 Å². The first-order valence-corrected chi connectivity index (χ1v) is 10.6. The Morgan fingerprint density at radius 3 is 2.34 bits per heavy atom. The number of rotatable bonds is 10. The number of ether oxygens (including phenoxy) is 2. The summed E-state index contributed by atoms with van der Waals surface area (Å²) in [5, 5.41) is 0. The highest BCUT2D eigenvalue weighted by atomic mass is 19.1. The number of hydrogen-bond acceptors (Lipinski definition) is 5. The summed E-state index contributed by atoms with van der Waals surface area (Å²) in [6, 6.07) is 4.43. The molecule has 2 aromatic rings. The SMILES string of the molecule is CCOCCCN(C(=O)c1ccc(F)cc1)C(C)C(=O)c1c(C)c(C(=O)OC)n(C)c1C. The fraction of sp³-hybridized carbons (Fsp3) is 0.458. The van der Waals surface area contributed by atoms with Crippen LogP contribution in [0.15, 0.2) is 24.3 Å². The number of benzene rings is 1. The summed E-state index contributed by atoms with van der Waals surface area (Å²) in [6.07, 6.45) is 0.540. The van der Waals surface area contributed by atoms with Gasteiger partial charge in [0.2, 0.25) is 0 Å². The summed E-state index contributed by atoms with van der Waals surface area (Å²) in [5.41, 5.74) is 2.11. The van der Waals surface area contributed by atoms with Gasteiger partial charge in [0.05, 0.1) is 13.2 Å². The van der Waals surface area contributed by atoms with E-state index in [1.165, 1.54) is 36.3 Å². The quantitative estimate of drug-likeness (QED) is 0.316. The molecule has 1 heterocycles. The number of aromatic nitrogens is 1. The Balaban J connectivity index is 2.41. The van der Waals surface area contributed by atoms with Crippen LogP contribution in [0.4, 0.5) is 4.39 Å². The van der Waals surface area contributed by atoms with Crippen LogP contribution < -0.4 is 0 Å². The van der Waals surface area contributed by atoms with E-state index in [4.69, 9.17) is 9.47 Å². The molecular formula is C24H31FN2O5. The number of carbonyl (C=O) groups excluding carboxylic acids is 3. The number of halogens is 1. The average molecular weight is 447 g/mol. The van der Waals surface area contributed by atoms with Gasteiger partial charge in [-0.3, -0.25) is 9.59 Å². The van der Waals surface area contributed by atoms with Gasteiger partial charge in [0.1, 0.15) is 11.5 Å². The zero-order valence-electron chi connectivity index (χ0n) is 19.5. The van der Waals surface area contributed by atoms with E-state index in [1.54, 1.807) is 32.4 Å². The van der Waals surface area contributed by atoms with Crippen molar-refractivity contribution in [2.24, 2.45) is 7.05 Å². The molecule has 7 nitrogen and oxygen atoms in total. The van der Waals surface area contributed by atoms with E-state index in [1.807, 2.05) is 6.92 Å². The highest BCUT2D eigenvalue weighted by molar-refractivity contribution is 6.07. The molecule has 1 aromatic heterocycles. The monoisotopic (exact) mass is 446 g/mol. The molecule has 0 saturated carbocycles. The molecule has 174 valence electrons. The van der Waals surface area contributed by atoms with Crippen LogP contribution in [0.25, 0.3) is 0 Å². The molecular weight excluding hydrogens is 415 g/mol. The van der Waals surface area contributed by atoms with Crippen LogP contribution in [0.3, 0.4) is 0 Å². The van der Waals surface area contributed by atoms with E-state index in [0.29, 0.717) is 47.7 Å². The van der Waals surface area contributed by atoms with Crippen molar-refractivity contribution in [3.8, 4) is 0 Å². The minimum absolute atomic E-state index is 0.280. The molecule has 0 spiro atoms. The third-order valence-electron chi connectivity index (χ3n) is 5.65. The molecule has 0 N–H and O–H groups in total. The van der Waals surface area contributed by atoms with Gasteiger partial charge < -0.3 is 18.9 Å². The van der Waals surface area contributed by atoms with Gasteiger partial charge in [-0.25, -0.2) is 9.18 Å². The molecule has 32 heavy (non-hydrogen) atoms. The van der Waals surface area contributed by atoms with Gasteiger partial charge in [0.25, 0.3) is 5.91 Å². The lowest BCUT2D eigenvalue weighted by Gasteiger charge is -2.29. The zero-order valence-corrected chi connectivity index (χ0v) is 19.5. The molecule has 1 aromatic carbocycles. The summed E-state index contributed by atoms with van der Waals surface area (Å²) < 4.78 is 25.2. The van der Waals surface area contributed by atoms with Crippen LogP contribution in [0.1, 0.15) is 62.7 Å². The Morgan fingerprint density at radius 1 is 1.16 bits per heavy atom. The summed E-state index contributed by atoms with van der Waals surface area (Å²) in [4.78, 5) is 40.4. The maximum Gasteiger partial charge on any atom is 0.354 e. The number of esters is 1. The highest BCUT2D eigenvalue weighted by Gasteiger charge is 2.32. The van der Waals surface area contributed by atoms with Crippen LogP contribution in [0.5, 0.6) is 0 Å². The molecule has 1 amide bonds. The fourth-order valence-electron chi connectivity index (χ4n) is 3.79. The van der Waals surface area contributed by atoms with Crippen LogP contribution in [0.2, 0.25) is 0 Å². The van der Waals surface area contributed by atoms with Gasteiger partial charge in [-0.05, 0) is 63.9 Å². The van der Waals surface area contributed by atoms with E-state index in [9.17, 15) is 18.8 Å². The van der Waals surface area contributed by atoms with Gasteiger partial charge in [0.15, 0.2) is 5.78 Å². The second-order valence-corrected chi connectivity index (χ2v) is 7.58. The van der Waals surface area contributed by atoms with Crippen LogP contribution in [-0.4, -0.2) is 60.0 Å². The number of methoxy groups -OCH3 is 1. The van der Waals surface area contributed by atoms with Crippen LogP contribution >= 0.6 is 0 Å². The van der Waals surface area contributed by atoms with E-state index >= 15 is 0 Å². The molecule has 0 bridgehead atoms. The summed E-state index contributed by atoms with van der Waals surface area (Å²) in [6.45, 7) is 8.28. The number of Topliss-reactive ketones (excluding diaryl/α,β-unsaturated/α-hetero) is 1. The number of nitrogens with zero attached hydrogens (tertiary/aromatic N) is 2. The fourth-order valence-corrected chi connectivity index (χ4v) is 3.79. The van der Waals surface area contributed by atoms with Gasteiger partial charge in [-0.15, -0.1) is 0 Å². The van der Waals surface area contributed by atoms with Crippen molar-refractivity contribution in [1.29, 1.82) is 0 Å². The number of carbonyl (C=O) groups is 3. The van der Waals surface area contributed by atoms with Crippen LogP contribution in [0, 0.1) is 19.7 Å². The maximum absolute atomic E-state index is 13.5. The highest BCUT2D eigenvalue weighted by Crippen LogP contribution is 2.25. The van der Waals surface area contributed by atoms with Crippen molar-refractivity contribution in [1.82, 2.24) is 9.47 Å². The first-order valence-electron chi connectivity index (χ1n) is 10.6. The smallest absolute Gasteiger partial charge is 0.354 e. The average Bonchev–Trinajstić information content (AvgIpc) is 3.00. The van der Waals surface area contributed by atoms with Crippen molar-refractivity contribution < 1.29 is 28.2 Å². The third-order valence-corrected chi connectivity index (χ3v) is 5.65. The van der Waals surface area contributed by atoms with Gasteiger partial charge >= 0.3 is 5.97 Å². The van der Waals surface area contributed by atoms with Crippen molar-refractivity contribution in [3.05, 3.63) is 58.2 Å². The molecule has 0 radical (unpaired) electrons. The molecule has 0 saturated heterocycles. The molecule has 2 rings (SSSR count). The largest absolute Gasteiger partial charge is 0.464 e. The van der Waals surface area contributed by atoms with E-state index in [-0.39, 0.29) is 18.2 Å². The molecule has 0 aliphatic heterocycles. The Bertz CT molecular complexity index is 981.